The van der Waals surface area contributed by atoms with Gasteiger partial charge in [-0.05, 0) is 20.8 Å². The molecule has 12 heavy (non-hydrogen) atoms. The van der Waals surface area contributed by atoms with Gasteiger partial charge in [0.1, 0.15) is 0 Å². The van der Waals surface area contributed by atoms with Crippen molar-refractivity contribution < 1.29 is 13.3 Å². The van der Waals surface area contributed by atoms with E-state index in [1.165, 1.54) is 0 Å². The molecule has 0 heterocycles. The minimum absolute atomic E-state index is 0. The minimum atomic E-state index is -1.73. The van der Waals surface area contributed by atoms with E-state index in [4.69, 9.17) is 13.3 Å². The van der Waals surface area contributed by atoms with E-state index in [1.54, 1.807) is 0 Å². The summed E-state index contributed by atoms with van der Waals surface area (Å²) in [5.41, 5.74) is 0. The summed E-state index contributed by atoms with van der Waals surface area (Å²) in [6.07, 6.45) is 0. The Balaban J connectivity index is -0.000000405. The Bertz CT molecular complexity index is 61.4. The molecule has 0 spiro atoms. The molecule has 0 radical (unpaired) electrons. The van der Waals surface area contributed by atoms with Crippen LogP contribution in [0.25, 0.3) is 0 Å². The lowest BCUT2D eigenvalue weighted by atomic mass is 10.8. The van der Waals surface area contributed by atoms with E-state index in [-0.39, 0.29) is 15.8 Å². The van der Waals surface area contributed by atoms with Crippen LogP contribution in [0.4, 0.5) is 0 Å². The van der Waals surface area contributed by atoms with Gasteiger partial charge in [0, 0.05) is 19.8 Å². The van der Waals surface area contributed by atoms with E-state index in [1.807, 2.05) is 20.8 Å². The third kappa shape index (κ3) is 10.2. The van der Waals surface area contributed by atoms with Crippen LogP contribution < -0.4 is 0 Å². The largest absolute Gasteiger partial charge is 0.484 e. The molecule has 0 bridgehead atoms. The molecule has 3 nitrogen and oxygen atoms in total. The average Bonchev–Trinajstić information content (AvgIpc) is 1.90. The second-order valence-electron chi connectivity index (χ2n) is 1.65. The first kappa shape index (κ1) is 18.1. The molecule has 0 aromatic carbocycles. The molecule has 0 rings (SSSR count). The second-order valence-corrected chi connectivity index (χ2v) is 3.23. The molecule has 0 aliphatic carbocycles. The maximum Gasteiger partial charge on any atom is 0.484 e. The maximum atomic E-state index is 5.22. The fourth-order valence-electron chi connectivity index (χ4n) is 0.553. The van der Waals surface area contributed by atoms with Gasteiger partial charge < -0.3 is 13.3 Å². The molecular weight excluding hydrogens is 171 g/mol. The normalized spacial score (nSPS) is 9.00. The zero-order chi connectivity index (χ0) is 7.82. The van der Waals surface area contributed by atoms with Gasteiger partial charge in [-0.2, -0.15) is 0 Å². The van der Waals surface area contributed by atoms with Crippen molar-refractivity contribution in [3.05, 3.63) is 0 Å². The highest BCUT2D eigenvalue weighted by atomic mass is 28.3. The van der Waals surface area contributed by atoms with Crippen molar-refractivity contribution in [2.45, 2.75) is 28.2 Å². The topological polar surface area (TPSA) is 27.7 Å². The molecular formula is C7H23BO3Si. The van der Waals surface area contributed by atoms with Gasteiger partial charge >= 0.3 is 9.53 Å². The molecule has 5 heteroatoms. The zero-order valence-electron chi connectivity index (χ0n) is 6.92. The molecule has 0 aromatic heterocycles. The summed E-state index contributed by atoms with van der Waals surface area (Å²) in [5, 5.41) is 0. The van der Waals surface area contributed by atoms with Crippen LogP contribution in [-0.4, -0.2) is 37.8 Å². The minimum Gasteiger partial charge on any atom is -0.376 e. The van der Waals surface area contributed by atoms with E-state index in [9.17, 15) is 0 Å². The van der Waals surface area contributed by atoms with Crippen LogP contribution in [0.15, 0.2) is 0 Å². The van der Waals surface area contributed by atoms with Crippen molar-refractivity contribution in [1.29, 1.82) is 0 Å². The molecule has 0 aromatic rings. The Morgan fingerprint density at radius 3 is 1.25 bits per heavy atom. The van der Waals surface area contributed by atoms with E-state index in [0.717, 1.165) is 0 Å². The van der Waals surface area contributed by atoms with Crippen LogP contribution in [-0.2, 0) is 13.3 Å². The van der Waals surface area contributed by atoms with Crippen LogP contribution in [0.5, 0.6) is 0 Å². The van der Waals surface area contributed by atoms with Gasteiger partial charge in [0.25, 0.3) is 0 Å². The van der Waals surface area contributed by atoms with E-state index in [0.29, 0.717) is 19.8 Å². The van der Waals surface area contributed by atoms with Crippen molar-refractivity contribution in [3.63, 3.8) is 0 Å². The fourth-order valence-corrected chi connectivity index (χ4v) is 1.66. The second kappa shape index (κ2) is 13.7. The molecule has 0 atom stereocenters. The Morgan fingerprint density at radius 2 is 1.08 bits per heavy atom. The van der Waals surface area contributed by atoms with Crippen molar-refractivity contribution >= 4 is 17.9 Å². The maximum absolute atomic E-state index is 5.22. The smallest absolute Gasteiger partial charge is 0.376 e. The Hall–Kier alpha value is 0.162. The average molecular weight is 194 g/mol. The number of hydrogen-bond acceptors (Lipinski definition) is 3. The lowest BCUT2D eigenvalue weighted by Crippen LogP contribution is -2.27. The highest BCUT2D eigenvalue weighted by Crippen LogP contribution is 1.90. The SMILES string of the molecule is B.C.CCO[SiH](OCC)OCC. The first-order chi connectivity index (χ1) is 4.85. The monoisotopic (exact) mass is 194 g/mol. The predicted molar refractivity (Wildman–Crippen MR) is 58.7 cm³/mol. The van der Waals surface area contributed by atoms with Crippen molar-refractivity contribution in [1.82, 2.24) is 0 Å². The number of hydrogen-bond donors (Lipinski definition) is 0. The molecule has 76 valence electrons. The lowest BCUT2D eigenvalue weighted by Gasteiger charge is -2.12. The first-order valence-corrected chi connectivity index (χ1v) is 5.11. The molecule has 0 aliphatic rings. The molecule has 0 fully saturated rings. The van der Waals surface area contributed by atoms with Crippen molar-refractivity contribution in [3.8, 4) is 0 Å². The predicted octanol–water partition coefficient (Wildman–Crippen LogP) is 0.265. The van der Waals surface area contributed by atoms with Gasteiger partial charge in [-0.25, -0.2) is 0 Å². The van der Waals surface area contributed by atoms with Crippen LogP contribution in [0.1, 0.15) is 28.2 Å². The Kier molecular flexibility index (Phi) is 20.7. The zero-order valence-corrected chi connectivity index (χ0v) is 8.08. The van der Waals surface area contributed by atoms with Crippen molar-refractivity contribution in [2.75, 3.05) is 19.8 Å². The van der Waals surface area contributed by atoms with Gasteiger partial charge in [-0.15, -0.1) is 0 Å². The van der Waals surface area contributed by atoms with Gasteiger partial charge in [-0.3, -0.25) is 0 Å². The standard InChI is InChI=1S/C6H16O3Si.CH4.BH3/c1-4-7-10(8-5-2)9-6-3;;/h10H,4-6H2,1-3H3;1H4;1H3. The molecule has 0 amide bonds. The molecule has 0 saturated carbocycles. The lowest BCUT2D eigenvalue weighted by molar-refractivity contribution is 0.107. The highest BCUT2D eigenvalue weighted by molar-refractivity contribution is 6.36. The summed E-state index contributed by atoms with van der Waals surface area (Å²) < 4.78 is 15.7. The van der Waals surface area contributed by atoms with Crippen LogP contribution in [0, 0.1) is 0 Å². The summed E-state index contributed by atoms with van der Waals surface area (Å²) in [5.74, 6) is 0. The Morgan fingerprint density at radius 1 is 0.833 bits per heavy atom. The molecule has 0 saturated heterocycles. The van der Waals surface area contributed by atoms with E-state index < -0.39 is 9.53 Å². The van der Waals surface area contributed by atoms with Gasteiger partial charge in [0.15, 0.2) is 0 Å². The highest BCUT2D eigenvalue weighted by Gasteiger charge is 2.11. The fraction of sp³-hybridized carbons (Fsp3) is 1.00. The molecule has 0 aliphatic heterocycles. The van der Waals surface area contributed by atoms with E-state index >= 15 is 0 Å². The van der Waals surface area contributed by atoms with Crippen LogP contribution in [0.2, 0.25) is 0 Å². The van der Waals surface area contributed by atoms with E-state index in [2.05, 4.69) is 0 Å². The number of rotatable bonds is 6. The third-order valence-corrected chi connectivity index (χ3v) is 2.72. The van der Waals surface area contributed by atoms with Gasteiger partial charge in [-0.1, -0.05) is 7.43 Å². The summed E-state index contributed by atoms with van der Waals surface area (Å²) >= 11 is 0. The Labute approximate surface area is 79.9 Å². The van der Waals surface area contributed by atoms with Crippen molar-refractivity contribution in [2.24, 2.45) is 0 Å². The summed E-state index contributed by atoms with van der Waals surface area (Å²) in [7, 11) is -1.73. The summed E-state index contributed by atoms with van der Waals surface area (Å²) in [6, 6.07) is 0. The van der Waals surface area contributed by atoms with Crippen LogP contribution in [0.3, 0.4) is 0 Å². The first-order valence-electron chi connectivity index (χ1n) is 3.69. The van der Waals surface area contributed by atoms with Gasteiger partial charge in [0.05, 0.1) is 8.41 Å². The third-order valence-electron chi connectivity index (χ3n) is 0.908. The quantitative estimate of drug-likeness (QED) is 0.568. The molecule has 0 unspecified atom stereocenters. The summed E-state index contributed by atoms with van der Waals surface area (Å²) in [6.45, 7) is 7.86. The van der Waals surface area contributed by atoms with Gasteiger partial charge in [0.2, 0.25) is 0 Å². The molecule has 0 N–H and O–H groups in total. The van der Waals surface area contributed by atoms with Crippen LogP contribution >= 0.6 is 0 Å². The summed E-state index contributed by atoms with van der Waals surface area (Å²) in [4.78, 5) is 0.